The zero-order valence-corrected chi connectivity index (χ0v) is 33.8. The molecule has 0 saturated carbocycles. The smallest absolute Gasteiger partial charge is 0.207 e. The van der Waals surface area contributed by atoms with Gasteiger partial charge >= 0.3 is 0 Å². The molecule has 0 spiro atoms. The third-order valence-corrected chi connectivity index (χ3v) is 11.6. The van der Waals surface area contributed by atoms with Gasteiger partial charge in [-0.1, -0.05) is 69.9 Å². The molecule has 0 amide bonds. The molecule has 0 saturated heterocycles. The van der Waals surface area contributed by atoms with Crippen molar-refractivity contribution in [1.29, 1.82) is 0 Å². The van der Waals surface area contributed by atoms with Crippen molar-refractivity contribution in [2.24, 2.45) is 31.8 Å². The zero-order chi connectivity index (χ0) is 38.3. The summed E-state index contributed by atoms with van der Waals surface area (Å²) in [5, 5.41) is 1.90. The minimum atomic E-state index is -0.142. The molecule has 0 aliphatic carbocycles. The van der Waals surface area contributed by atoms with E-state index < -0.39 is 0 Å². The Bertz CT molecular complexity index is 2330. The monoisotopic (exact) mass is 712 g/mol. The van der Waals surface area contributed by atoms with E-state index in [1.165, 1.54) is 38.9 Å². The minimum Gasteiger partial charge on any atom is -0.207 e. The lowest BCUT2D eigenvalue weighted by Gasteiger charge is -2.19. The number of benzene rings is 4. The minimum absolute atomic E-state index is 0.0490. The maximum atomic E-state index is 16.4. The molecule has 4 aromatic carbocycles. The average Bonchev–Trinajstić information content (AvgIpc) is 3.09. The van der Waals surface area contributed by atoms with Gasteiger partial charge in [0.2, 0.25) is 22.4 Å². The van der Waals surface area contributed by atoms with Crippen molar-refractivity contribution in [3.05, 3.63) is 129 Å². The number of aromatic nitrogens is 2. The molecule has 2 unspecified atom stereocenters. The van der Waals surface area contributed by atoms with Crippen molar-refractivity contribution in [3.8, 4) is 22.5 Å². The first kappa shape index (κ1) is 38.3. The number of hydrogen-bond donors (Lipinski definition) is 0. The summed E-state index contributed by atoms with van der Waals surface area (Å²) in [6, 6.07) is 25.3. The predicted molar refractivity (Wildman–Crippen MR) is 218 cm³/mol. The van der Waals surface area contributed by atoms with Gasteiger partial charge in [0.25, 0.3) is 0 Å². The lowest BCUT2D eigenvalue weighted by Crippen LogP contribution is -2.33. The zero-order valence-electron chi connectivity index (χ0n) is 33.8. The van der Waals surface area contributed by atoms with E-state index in [4.69, 9.17) is 0 Å². The highest BCUT2D eigenvalue weighted by atomic mass is 19.1. The van der Waals surface area contributed by atoms with Crippen LogP contribution in [0.25, 0.3) is 44.3 Å². The summed E-state index contributed by atoms with van der Waals surface area (Å²) in [5.74, 6) is 0.715. The molecule has 0 bridgehead atoms. The molecule has 276 valence electrons. The van der Waals surface area contributed by atoms with Crippen molar-refractivity contribution in [3.63, 3.8) is 0 Å². The van der Waals surface area contributed by atoms with Crippen LogP contribution in [0, 0.1) is 64.0 Å². The van der Waals surface area contributed by atoms with E-state index >= 15 is 8.78 Å². The summed E-state index contributed by atoms with van der Waals surface area (Å²) in [7, 11) is 4.20. The fourth-order valence-corrected chi connectivity index (χ4v) is 8.39. The summed E-state index contributed by atoms with van der Waals surface area (Å²) >= 11 is 0. The van der Waals surface area contributed by atoms with E-state index in [-0.39, 0.29) is 23.5 Å². The number of rotatable bonds is 11. The van der Waals surface area contributed by atoms with E-state index in [0.717, 1.165) is 62.7 Å². The standard InChI is InChI=1S/C49H58F2N2/c1-29(2)20-39-28-48-40(17-19-45(53(48)11)41-23-32(5)14-15-34(41)7)43(49(39)51)24-31(4)13-12-30(3)22-38-27-47-37(26-44(38)50)16-18-46(52(47)10)42-25-33(6)21-35(8)36(42)9/h14-19,21,23,25-31H,12-13,20,22,24H2,1-11H3/q+2. The van der Waals surface area contributed by atoms with Gasteiger partial charge in [0, 0.05) is 46.3 Å². The summed E-state index contributed by atoms with van der Waals surface area (Å²) in [6.45, 7) is 19.5. The Morgan fingerprint density at radius 1 is 0.566 bits per heavy atom. The molecule has 0 aliphatic rings. The molecule has 0 radical (unpaired) electrons. The van der Waals surface area contributed by atoms with Gasteiger partial charge in [0.05, 0.1) is 5.39 Å². The second-order valence-corrected chi connectivity index (χ2v) is 16.7. The molecule has 0 N–H and O–H groups in total. The summed E-state index contributed by atoms with van der Waals surface area (Å²) in [6.07, 6.45) is 3.93. The Kier molecular flexibility index (Phi) is 11.2. The molecule has 2 heterocycles. The molecule has 0 aliphatic heterocycles. The van der Waals surface area contributed by atoms with E-state index in [1.54, 1.807) is 6.07 Å². The summed E-state index contributed by atoms with van der Waals surface area (Å²) < 4.78 is 36.5. The fraction of sp³-hybridized carbons (Fsp3) is 0.388. The van der Waals surface area contributed by atoms with Crippen molar-refractivity contribution in [2.45, 2.75) is 94.4 Å². The number of aryl methyl sites for hydroxylation is 6. The van der Waals surface area contributed by atoms with Crippen molar-refractivity contribution in [1.82, 2.24) is 0 Å². The highest BCUT2D eigenvalue weighted by Gasteiger charge is 2.25. The molecule has 6 rings (SSSR count). The van der Waals surface area contributed by atoms with Gasteiger partial charge in [-0.3, -0.25) is 0 Å². The van der Waals surface area contributed by atoms with Gasteiger partial charge in [0.1, 0.15) is 25.7 Å². The maximum Gasteiger partial charge on any atom is 0.213 e. The Labute approximate surface area is 316 Å². The third-order valence-electron chi connectivity index (χ3n) is 11.6. The van der Waals surface area contributed by atoms with Crippen LogP contribution in [0.4, 0.5) is 8.78 Å². The molecular weight excluding hydrogens is 655 g/mol. The average molecular weight is 713 g/mol. The van der Waals surface area contributed by atoms with E-state index in [9.17, 15) is 0 Å². The van der Waals surface area contributed by atoms with Crippen LogP contribution in [0.3, 0.4) is 0 Å². The molecule has 4 heteroatoms. The van der Waals surface area contributed by atoms with Gasteiger partial charge in [-0.15, -0.1) is 0 Å². The number of nitrogens with zero attached hydrogens (tertiary/aromatic N) is 2. The first-order chi connectivity index (χ1) is 25.1. The fourth-order valence-electron chi connectivity index (χ4n) is 8.39. The van der Waals surface area contributed by atoms with E-state index in [2.05, 4.69) is 146 Å². The molecule has 53 heavy (non-hydrogen) atoms. The lowest BCUT2D eigenvalue weighted by atomic mass is 9.87. The van der Waals surface area contributed by atoms with Crippen molar-refractivity contribution >= 4 is 21.8 Å². The van der Waals surface area contributed by atoms with Gasteiger partial charge in [0.15, 0.2) is 0 Å². The van der Waals surface area contributed by atoms with Crippen LogP contribution in [-0.2, 0) is 33.4 Å². The third kappa shape index (κ3) is 7.93. The first-order valence-corrected chi connectivity index (χ1v) is 19.5. The molecular formula is C49H58F2N2+2. The number of hydrogen-bond acceptors (Lipinski definition) is 0. The molecule has 6 aromatic rings. The lowest BCUT2D eigenvalue weighted by molar-refractivity contribution is -0.633. The topological polar surface area (TPSA) is 7.76 Å². The van der Waals surface area contributed by atoms with Crippen LogP contribution in [0.1, 0.15) is 85.0 Å². The molecule has 2 nitrogen and oxygen atoms in total. The van der Waals surface area contributed by atoms with Crippen LogP contribution < -0.4 is 9.13 Å². The summed E-state index contributed by atoms with van der Waals surface area (Å²) in [4.78, 5) is 0. The van der Waals surface area contributed by atoms with E-state index in [0.29, 0.717) is 25.2 Å². The van der Waals surface area contributed by atoms with Crippen LogP contribution in [-0.4, -0.2) is 0 Å². The number of fused-ring (bicyclic) bond motifs is 2. The Balaban J connectivity index is 1.23. The van der Waals surface area contributed by atoms with Gasteiger partial charge in [-0.05, 0) is 130 Å². The SMILES string of the molecule is Cc1ccc(C)c(-c2ccc3c(CC(C)CCC(C)Cc4cc5c(ccc(-c6cc(C)cc(C)c6C)[n+]5C)cc4F)c(F)c(CC(C)C)cc3[n+]2C)c1. The first-order valence-electron chi connectivity index (χ1n) is 19.5. The highest BCUT2D eigenvalue weighted by Crippen LogP contribution is 2.33. The Morgan fingerprint density at radius 3 is 1.91 bits per heavy atom. The summed E-state index contributed by atoms with van der Waals surface area (Å²) in [5.41, 5.74) is 15.4. The molecule has 2 aromatic heterocycles. The largest absolute Gasteiger partial charge is 0.213 e. The predicted octanol–water partition coefficient (Wildman–Crippen LogP) is 11.8. The maximum absolute atomic E-state index is 16.4. The highest BCUT2D eigenvalue weighted by molar-refractivity contribution is 5.83. The second kappa shape index (κ2) is 15.5. The number of pyridine rings is 2. The number of halogens is 2. The van der Waals surface area contributed by atoms with Gasteiger partial charge in [-0.2, -0.15) is 9.13 Å². The van der Waals surface area contributed by atoms with Gasteiger partial charge < -0.3 is 0 Å². The van der Waals surface area contributed by atoms with Crippen molar-refractivity contribution in [2.75, 3.05) is 0 Å². The van der Waals surface area contributed by atoms with Crippen molar-refractivity contribution < 1.29 is 17.9 Å². The van der Waals surface area contributed by atoms with Crippen LogP contribution in [0.2, 0.25) is 0 Å². The van der Waals surface area contributed by atoms with Crippen LogP contribution in [0.5, 0.6) is 0 Å². The Hall–Kier alpha value is -4.44. The molecule has 2 atom stereocenters. The van der Waals surface area contributed by atoms with Crippen LogP contribution in [0.15, 0.2) is 72.8 Å². The normalized spacial score (nSPS) is 13.0. The quantitative estimate of drug-likeness (QED) is 0.118. The van der Waals surface area contributed by atoms with Crippen LogP contribution >= 0.6 is 0 Å². The van der Waals surface area contributed by atoms with Gasteiger partial charge in [-0.25, -0.2) is 8.78 Å². The Morgan fingerprint density at radius 2 is 1.19 bits per heavy atom. The molecule has 0 fully saturated rings. The second-order valence-electron chi connectivity index (χ2n) is 16.7. The van der Waals surface area contributed by atoms with E-state index in [1.807, 2.05) is 6.07 Å².